The molecule has 0 amide bonds. The van der Waals surface area contributed by atoms with Gasteiger partial charge in [-0.3, -0.25) is 10.4 Å². The van der Waals surface area contributed by atoms with Gasteiger partial charge in [0.1, 0.15) is 0 Å². The van der Waals surface area contributed by atoms with Crippen LogP contribution in [0.5, 0.6) is 0 Å². The minimum Gasteiger partial charge on any atom is -0.277 e. The van der Waals surface area contributed by atoms with E-state index in [-0.39, 0.29) is 0 Å². The summed E-state index contributed by atoms with van der Waals surface area (Å²) >= 11 is 0. The molecule has 0 saturated heterocycles. The van der Waals surface area contributed by atoms with Gasteiger partial charge in [-0.2, -0.15) is 5.10 Å². The zero-order valence-electron chi connectivity index (χ0n) is 13.3. The highest BCUT2D eigenvalue weighted by Gasteiger charge is 2.07. The number of hydrogen-bond donors (Lipinski definition) is 1. The van der Waals surface area contributed by atoms with Gasteiger partial charge in [0, 0.05) is 16.5 Å². The molecule has 2 heterocycles. The van der Waals surface area contributed by atoms with Gasteiger partial charge in [0.15, 0.2) is 0 Å². The van der Waals surface area contributed by atoms with E-state index in [9.17, 15) is 0 Å². The summed E-state index contributed by atoms with van der Waals surface area (Å²) in [6.07, 6.45) is 1.73. The fraction of sp³-hybridized carbons (Fsp3) is 0.0500. The second-order valence-electron chi connectivity index (χ2n) is 5.59. The Balaban J connectivity index is 1.79. The number of para-hydroxylation sites is 2. The summed E-state index contributed by atoms with van der Waals surface area (Å²) in [5.41, 5.74) is 7.84. The van der Waals surface area contributed by atoms with Crippen molar-refractivity contribution in [1.82, 2.24) is 9.97 Å². The molecule has 4 nitrogen and oxygen atoms in total. The van der Waals surface area contributed by atoms with Crippen LogP contribution < -0.4 is 5.43 Å². The average Bonchev–Trinajstić information content (AvgIpc) is 2.61. The lowest BCUT2D eigenvalue weighted by molar-refractivity contribution is 1.18. The van der Waals surface area contributed by atoms with Crippen molar-refractivity contribution in [3.8, 4) is 0 Å². The number of hydrogen-bond acceptors (Lipinski definition) is 4. The van der Waals surface area contributed by atoms with Crippen molar-refractivity contribution >= 4 is 33.7 Å². The van der Waals surface area contributed by atoms with Crippen LogP contribution in [0, 0.1) is 6.92 Å². The van der Waals surface area contributed by atoms with Crippen molar-refractivity contribution in [2.75, 3.05) is 5.43 Å². The Morgan fingerprint density at radius 1 is 0.792 bits per heavy atom. The standard InChI is InChI=1S/C20H16N4/c1-14-7-6-8-15(22-14)13-21-24-20-16-9-2-4-11-18(16)23-19-12-5-3-10-17(19)20/h2-13H,1H3,(H,23,24)/b21-13+. The van der Waals surface area contributed by atoms with Gasteiger partial charge < -0.3 is 0 Å². The highest BCUT2D eigenvalue weighted by atomic mass is 15.3. The van der Waals surface area contributed by atoms with Gasteiger partial charge in [-0.05, 0) is 31.2 Å². The van der Waals surface area contributed by atoms with Crippen LogP contribution in [0.3, 0.4) is 0 Å². The lowest BCUT2D eigenvalue weighted by atomic mass is 10.1. The summed E-state index contributed by atoms with van der Waals surface area (Å²) in [6.45, 7) is 1.97. The molecule has 0 spiro atoms. The van der Waals surface area contributed by atoms with Crippen LogP contribution >= 0.6 is 0 Å². The van der Waals surface area contributed by atoms with Crippen LogP contribution in [0.25, 0.3) is 21.8 Å². The van der Waals surface area contributed by atoms with Gasteiger partial charge in [0.25, 0.3) is 0 Å². The molecule has 0 atom stereocenters. The number of aromatic nitrogens is 2. The van der Waals surface area contributed by atoms with E-state index in [2.05, 4.69) is 27.6 Å². The Bertz CT molecular complexity index is 1000. The van der Waals surface area contributed by atoms with Gasteiger partial charge in [0.2, 0.25) is 0 Å². The number of aryl methyl sites for hydroxylation is 1. The van der Waals surface area contributed by atoms with E-state index in [0.717, 1.165) is 38.9 Å². The van der Waals surface area contributed by atoms with Crippen LogP contribution in [0.15, 0.2) is 71.8 Å². The lowest BCUT2D eigenvalue weighted by Crippen LogP contribution is -1.96. The highest BCUT2D eigenvalue weighted by molar-refractivity contribution is 6.07. The van der Waals surface area contributed by atoms with E-state index in [4.69, 9.17) is 4.98 Å². The first-order valence-corrected chi connectivity index (χ1v) is 7.81. The molecule has 0 bridgehead atoms. The minimum atomic E-state index is 0.824. The Kier molecular flexibility index (Phi) is 3.63. The Hall–Kier alpha value is -3.27. The average molecular weight is 312 g/mol. The molecule has 4 rings (SSSR count). The molecule has 116 valence electrons. The molecule has 0 radical (unpaired) electrons. The molecule has 0 aliphatic carbocycles. The van der Waals surface area contributed by atoms with E-state index in [1.54, 1.807) is 6.21 Å². The van der Waals surface area contributed by atoms with E-state index < -0.39 is 0 Å². The maximum absolute atomic E-state index is 4.71. The van der Waals surface area contributed by atoms with Crippen LogP contribution in [-0.4, -0.2) is 16.2 Å². The molecule has 0 aliphatic rings. The number of hydrazone groups is 1. The summed E-state index contributed by atoms with van der Waals surface area (Å²) in [5.74, 6) is 0. The van der Waals surface area contributed by atoms with E-state index >= 15 is 0 Å². The lowest BCUT2D eigenvalue weighted by Gasteiger charge is -2.09. The molecular formula is C20H16N4. The number of fused-ring (bicyclic) bond motifs is 2. The fourth-order valence-corrected chi connectivity index (χ4v) is 2.76. The van der Waals surface area contributed by atoms with E-state index in [1.165, 1.54) is 0 Å². The first-order valence-electron chi connectivity index (χ1n) is 7.81. The summed E-state index contributed by atoms with van der Waals surface area (Å²) < 4.78 is 0. The monoisotopic (exact) mass is 312 g/mol. The van der Waals surface area contributed by atoms with E-state index in [0.29, 0.717) is 0 Å². The zero-order valence-corrected chi connectivity index (χ0v) is 13.3. The molecule has 4 heteroatoms. The molecule has 0 unspecified atom stereocenters. The summed E-state index contributed by atoms with van der Waals surface area (Å²) in [4.78, 5) is 9.14. The third-order valence-corrected chi connectivity index (χ3v) is 3.87. The maximum Gasteiger partial charge on any atom is 0.0833 e. The quantitative estimate of drug-likeness (QED) is 0.343. The number of benzene rings is 2. The second-order valence-corrected chi connectivity index (χ2v) is 5.59. The van der Waals surface area contributed by atoms with Crippen molar-refractivity contribution in [1.29, 1.82) is 0 Å². The largest absolute Gasteiger partial charge is 0.277 e. The summed E-state index contributed by atoms with van der Waals surface area (Å²) in [5, 5.41) is 6.48. The number of anilines is 1. The SMILES string of the molecule is Cc1cccc(/C=N/Nc2c3ccccc3nc3ccccc23)n1. The predicted octanol–water partition coefficient (Wildman–Crippen LogP) is 4.54. The van der Waals surface area contributed by atoms with E-state index in [1.807, 2.05) is 61.5 Å². The van der Waals surface area contributed by atoms with Crippen molar-refractivity contribution in [3.05, 3.63) is 78.1 Å². The number of rotatable bonds is 3. The van der Waals surface area contributed by atoms with Gasteiger partial charge in [-0.15, -0.1) is 0 Å². The first-order chi connectivity index (χ1) is 11.8. The first kappa shape index (κ1) is 14.3. The smallest absolute Gasteiger partial charge is 0.0833 e. The molecule has 0 aliphatic heterocycles. The van der Waals surface area contributed by atoms with Crippen molar-refractivity contribution in [3.63, 3.8) is 0 Å². The normalized spacial score (nSPS) is 11.4. The number of nitrogens with zero attached hydrogens (tertiary/aromatic N) is 3. The zero-order chi connectivity index (χ0) is 16.4. The van der Waals surface area contributed by atoms with Gasteiger partial charge in [-0.25, -0.2) is 4.98 Å². The summed E-state index contributed by atoms with van der Waals surface area (Å²) in [7, 11) is 0. The number of nitrogens with one attached hydrogen (secondary N) is 1. The number of pyridine rings is 2. The van der Waals surface area contributed by atoms with Crippen LogP contribution in [0.2, 0.25) is 0 Å². The predicted molar refractivity (Wildman–Crippen MR) is 99.4 cm³/mol. The topological polar surface area (TPSA) is 50.2 Å². The molecular weight excluding hydrogens is 296 g/mol. The van der Waals surface area contributed by atoms with Gasteiger partial charge in [-0.1, -0.05) is 42.5 Å². The molecule has 0 fully saturated rings. The Morgan fingerprint density at radius 2 is 1.46 bits per heavy atom. The third-order valence-electron chi connectivity index (χ3n) is 3.87. The van der Waals surface area contributed by atoms with Crippen LogP contribution in [0.4, 0.5) is 5.69 Å². The van der Waals surface area contributed by atoms with Crippen LogP contribution in [0.1, 0.15) is 11.4 Å². The van der Waals surface area contributed by atoms with Crippen molar-refractivity contribution in [2.45, 2.75) is 6.92 Å². The highest BCUT2D eigenvalue weighted by Crippen LogP contribution is 2.30. The van der Waals surface area contributed by atoms with Crippen molar-refractivity contribution in [2.24, 2.45) is 5.10 Å². The maximum atomic E-state index is 4.71. The third kappa shape index (κ3) is 2.70. The second kappa shape index (κ2) is 6.08. The minimum absolute atomic E-state index is 0.824. The molecule has 2 aromatic carbocycles. The van der Waals surface area contributed by atoms with Crippen LogP contribution in [-0.2, 0) is 0 Å². The van der Waals surface area contributed by atoms with Crippen molar-refractivity contribution < 1.29 is 0 Å². The Labute approximate surface area is 139 Å². The van der Waals surface area contributed by atoms with Gasteiger partial charge in [0.05, 0.1) is 28.6 Å². The molecule has 4 aromatic rings. The molecule has 0 saturated carbocycles. The molecule has 1 N–H and O–H groups in total. The fourth-order valence-electron chi connectivity index (χ4n) is 2.76. The summed E-state index contributed by atoms with van der Waals surface area (Å²) in [6, 6.07) is 22.0. The Morgan fingerprint density at radius 3 is 2.12 bits per heavy atom. The molecule has 24 heavy (non-hydrogen) atoms. The van der Waals surface area contributed by atoms with Gasteiger partial charge >= 0.3 is 0 Å². The molecule has 2 aromatic heterocycles.